The number of hydrogen-bond donors (Lipinski definition) is 0. The molecule has 0 fully saturated rings. The maximum Gasteiger partial charge on any atom is 0.364 e. The highest BCUT2D eigenvalue weighted by Crippen LogP contribution is 2.21. The Morgan fingerprint density at radius 3 is 2.58 bits per heavy atom. The summed E-state index contributed by atoms with van der Waals surface area (Å²) >= 11 is 0. The number of nitrogens with zero attached hydrogens (tertiary/aromatic N) is 1. The van der Waals surface area contributed by atoms with Crippen molar-refractivity contribution < 1.29 is 18.7 Å². The smallest absolute Gasteiger partial charge is 0.364 e. The number of methoxy groups -OCH3 is 2. The van der Waals surface area contributed by atoms with Gasteiger partial charge in [-0.2, -0.15) is 4.98 Å². The lowest BCUT2D eigenvalue weighted by molar-refractivity contribution is 0.0588. The van der Waals surface area contributed by atoms with E-state index in [1.807, 2.05) is 36.4 Å². The van der Waals surface area contributed by atoms with E-state index in [1.54, 1.807) is 6.08 Å². The van der Waals surface area contributed by atoms with Gasteiger partial charge >= 0.3 is 11.9 Å². The molecule has 0 saturated carbocycles. The molecule has 0 atom stereocenters. The highest BCUT2D eigenvalue weighted by Gasteiger charge is 2.20. The van der Waals surface area contributed by atoms with E-state index in [2.05, 4.69) is 9.72 Å². The van der Waals surface area contributed by atoms with Crippen LogP contribution in [0.4, 0.5) is 0 Å². The molecule has 0 aliphatic heterocycles. The Kier molecular flexibility index (Phi) is 3.97. The quantitative estimate of drug-likeness (QED) is 0.790. The Balaban J connectivity index is 2.24. The summed E-state index contributed by atoms with van der Waals surface area (Å²) in [6, 6.07) is 9.67. The van der Waals surface area contributed by atoms with Crippen molar-refractivity contribution in [3.05, 3.63) is 47.5 Å². The molecule has 0 amide bonds. The Hall–Kier alpha value is -2.56. The van der Waals surface area contributed by atoms with E-state index in [4.69, 9.17) is 9.15 Å². The van der Waals surface area contributed by atoms with E-state index < -0.39 is 5.97 Å². The normalized spacial score (nSPS) is 10.6. The SMILES string of the molecule is COC(=O)c1nc(/C=C/c2ccccc2)oc1OC. The third-order valence-electron chi connectivity index (χ3n) is 2.39. The lowest BCUT2D eigenvalue weighted by Gasteiger charge is -1.95. The van der Waals surface area contributed by atoms with Crippen molar-refractivity contribution in [1.29, 1.82) is 0 Å². The van der Waals surface area contributed by atoms with Crippen LogP contribution in [-0.2, 0) is 4.74 Å². The number of rotatable bonds is 4. The number of oxazole rings is 1. The molecular weight excluding hydrogens is 246 g/mol. The highest BCUT2D eigenvalue weighted by molar-refractivity contribution is 5.89. The molecule has 0 aliphatic carbocycles. The van der Waals surface area contributed by atoms with Crippen LogP contribution in [-0.4, -0.2) is 25.2 Å². The van der Waals surface area contributed by atoms with Gasteiger partial charge in [0.2, 0.25) is 11.6 Å². The minimum atomic E-state index is -0.597. The van der Waals surface area contributed by atoms with Crippen LogP contribution in [0.5, 0.6) is 5.95 Å². The average Bonchev–Trinajstić information content (AvgIpc) is 2.88. The predicted octanol–water partition coefficient (Wildman–Crippen LogP) is 2.64. The third-order valence-corrected chi connectivity index (χ3v) is 2.39. The number of aromatic nitrogens is 1. The number of carbonyl (C=O) groups excluding carboxylic acids is 1. The number of carbonyl (C=O) groups is 1. The Morgan fingerprint density at radius 1 is 1.21 bits per heavy atom. The first kappa shape index (κ1) is 12.9. The third kappa shape index (κ3) is 3.01. The average molecular weight is 259 g/mol. The number of ether oxygens (including phenoxy) is 2. The van der Waals surface area contributed by atoms with Crippen molar-refractivity contribution in [3.63, 3.8) is 0 Å². The summed E-state index contributed by atoms with van der Waals surface area (Å²) in [6.07, 6.45) is 3.48. The van der Waals surface area contributed by atoms with Crippen molar-refractivity contribution in [3.8, 4) is 5.95 Å². The van der Waals surface area contributed by atoms with Crippen LogP contribution in [0.15, 0.2) is 34.7 Å². The molecule has 1 aromatic carbocycles. The summed E-state index contributed by atoms with van der Waals surface area (Å²) < 4.78 is 14.8. The molecule has 2 rings (SSSR count). The van der Waals surface area contributed by atoms with E-state index in [0.29, 0.717) is 0 Å². The van der Waals surface area contributed by atoms with Gasteiger partial charge in [0, 0.05) is 6.08 Å². The van der Waals surface area contributed by atoms with Crippen LogP contribution in [0.25, 0.3) is 12.2 Å². The van der Waals surface area contributed by atoms with Crippen LogP contribution in [0.3, 0.4) is 0 Å². The van der Waals surface area contributed by atoms with E-state index >= 15 is 0 Å². The van der Waals surface area contributed by atoms with Crippen molar-refractivity contribution in [2.75, 3.05) is 14.2 Å². The largest absolute Gasteiger partial charge is 0.467 e. The molecule has 5 heteroatoms. The summed E-state index contributed by atoms with van der Waals surface area (Å²) in [5, 5.41) is 0. The standard InChI is InChI=1S/C14H13NO4/c1-17-13(16)12-14(18-2)19-11(15-12)9-8-10-6-4-3-5-7-10/h3-9H,1-2H3/b9-8+. The molecule has 0 saturated heterocycles. The van der Waals surface area contributed by atoms with Gasteiger partial charge in [-0.15, -0.1) is 0 Å². The van der Waals surface area contributed by atoms with Gasteiger partial charge in [0.1, 0.15) is 0 Å². The van der Waals surface area contributed by atoms with Gasteiger partial charge in [0.15, 0.2) is 0 Å². The van der Waals surface area contributed by atoms with Gasteiger partial charge in [0.05, 0.1) is 14.2 Å². The van der Waals surface area contributed by atoms with Gasteiger partial charge in [0.25, 0.3) is 0 Å². The minimum absolute atomic E-state index is 0.0257. The van der Waals surface area contributed by atoms with Crippen molar-refractivity contribution in [2.45, 2.75) is 0 Å². The van der Waals surface area contributed by atoms with Crippen LogP contribution in [0, 0.1) is 0 Å². The fraction of sp³-hybridized carbons (Fsp3) is 0.143. The first-order valence-electron chi connectivity index (χ1n) is 5.61. The lowest BCUT2D eigenvalue weighted by Crippen LogP contribution is -2.03. The van der Waals surface area contributed by atoms with Gasteiger partial charge < -0.3 is 13.9 Å². The summed E-state index contributed by atoms with van der Waals surface area (Å²) in [5.41, 5.74) is 1.02. The van der Waals surface area contributed by atoms with Crippen LogP contribution >= 0.6 is 0 Å². The summed E-state index contributed by atoms with van der Waals surface area (Å²) in [4.78, 5) is 15.4. The lowest BCUT2D eigenvalue weighted by atomic mass is 10.2. The maximum atomic E-state index is 11.4. The first-order chi connectivity index (χ1) is 9.24. The topological polar surface area (TPSA) is 61.6 Å². The maximum absolute atomic E-state index is 11.4. The van der Waals surface area contributed by atoms with Gasteiger partial charge in [-0.05, 0) is 11.6 Å². The molecule has 0 aliphatic rings. The molecule has 1 heterocycles. The minimum Gasteiger partial charge on any atom is -0.467 e. The second kappa shape index (κ2) is 5.86. The van der Waals surface area contributed by atoms with Gasteiger partial charge in [-0.1, -0.05) is 30.3 Å². The van der Waals surface area contributed by atoms with E-state index in [9.17, 15) is 4.79 Å². The molecule has 19 heavy (non-hydrogen) atoms. The van der Waals surface area contributed by atoms with Crippen LogP contribution in [0.2, 0.25) is 0 Å². The summed E-state index contributed by atoms with van der Waals surface area (Å²) in [6.45, 7) is 0. The zero-order chi connectivity index (χ0) is 13.7. The van der Waals surface area contributed by atoms with Crippen molar-refractivity contribution in [1.82, 2.24) is 4.98 Å². The second-order valence-electron chi connectivity index (χ2n) is 3.63. The number of esters is 1. The molecule has 0 N–H and O–H groups in total. The number of hydrogen-bond acceptors (Lipinski definition) is 5. The highest BCUT2D eigenvalue weighted by atomic mass is 16.6. The molecule has 0 radical (unpaired) electrons. The summed E-state index contributed by atoms with van der Waals surface area (Å²) in [7, 11) is 2.67. The van der Waals surface area contributed by atoms with Gasteiger partial charge in [-0.3, -0.25) is 0 Å². The molecule has 5 nitrogen and oxygen atoms in total. The first-order valence-corrected chi connectivity index (χ1v) is 5.61. The Morgan fingerprint density at radius 2 is 1.95 bits per heavy atom. The number of benzene rings is 1. The Labute approximate surface area is 110 Å². The molecule has 0 unspecified atom stereocenters. The fourth-order valence-electron chi connectivity index (χ4n) is 1.49. The summed E-state index contributed by atoms with van der Waals surface area (Å²) in [5.74, 6) is -0.277. The van der Waals surface area contributed by atoms with Crippen LogP contribution in [0.1, 0.15) is 21.9 Å². The van der Waals surface area contributed by atoms with E-state index in [-0.39, 0.29) is 17.5 Å². The van der Waals surface area contributed by atoms with Crippen LogP contribution < -0.4 is 4.74 Å². The zero-order valence-corrected chi connectivity index (χ0v) is 10.6. The Bertz CT molecular complexity index is 587. The molecular formula is C14H13NO4. The molecule has 0 spiro atoms. The van der Waals surface area contributed by atoms with E-state index in [1.165, 1.54) is 14.2 Å². The molecule has 2 aromatic rings. The predicted molar refractivity (Wildman–Crippen MR) is 69.8 cm³/mol. The molecule has 98 valence electrons. The van der Waals surface area contributed by atoms with E-state index in [0.717, 1.165) is 5.56 Å². The molecule has 0 bridgehead atoms. The van der Waals surface area contributed by atoms with Crippen molar-refractivity contribution >= 4 is 18.1 Å². The zero-order valence-electron chi connectivity index (χ0n) is 10.6. The van der Waals surface area contributed by atoms with Gasteiger partial charge in [-0.25, -0.2) is 4.79 Å². The molecule has 1 aromatic heterocycles. The fourth-order valence-corrected chi connectivity index (χ4v) is 1.49. The van der Waals surface area contributed by atoms with Crippen molar-refractivity contribution in [2.24, 2.45) is 0 Å². The second-order valence-corrected chi connectivity index (χ2v) is 3.63. The monoisotopic (exact) mass is 259 g/mol.